The fraction of sp³-hybridized carbons (Fsp3) is 0.440. The lowest BCUT2D eigenvalue weighted by molar-refractivity contribution is 0.0506. The van der Waals surface area contributed by atoms with Gasteiger partial charge in [-0.25, -0.2) is 23.5 Å². The number of aromatic nitrogens is 3. The van der Waals surface area contributed by atoms with E-state index in [-0.39, 0.29) is 17.1 Å². The van der Waals surface area contributed by atoms with Crippen molar-refractivity contribution in [3.63, 3.8) is 0 Å². The second-order valence-corrected chi connectivity index (χ2v) is 11.0. The summed E-state index contributed by atoms with van der Waals surface area (Å²) in [5.74, 6) is -0.664. The minimum absolute atomic E-state index is 0.0196. The Morgan fingerprint density at radius 2 is 1.80 bits per heavy atom. The molecule has 0 saturated heterocycles. The number of fused-ring (bicyclic) bond motifs is 1. The van der Waals surface area contributed by atoms with Crippen molar-refractivity contribution in [3.8, 4) is 5.69 Å². The molecule has 1 saturated carbocycles. The Kier molecular flexibility index (Phi) is 6.61. The molecular formula is C25H28BrFN4O4. The topological polar surface area (TPSA) is 97.4 Å². The molecule has 0 spiro atoms. The van der Waals surface area contributed by atoms with E-state index in [2.05, 4.69) is 20.9 Å². The zero-order valence-corrected chi connectivity index (χ0v) is 21.7. The van der Waals surface area contributed by atoms with Crippen molar-refractivity contribution in [3.05, 3.63) is 67.2 Å². The van der Waals surface area contributed by atoms with Gasteiger partial charge < -0.3 is 10.0 Å². The highest BCUT2D eigenvalue weighted by molar-refractivity contribution is 9.10. The number of nitrogens with zero attached hydrogens (tertiary/aromatic N) is 4. The first kappa shape index (κ1) is 25.1. The van der Waals surface area contributed by atoms with E-state index in [1.54, 1.807) is 12.1 Å². The third-order valence-electron chi connectivity index (χ3n) is 6.50. The number of benzene rings is 1. The highest BCUT2D eigenvalue weighted by atomic mass is 79.9. The molecule has 1 aromatic carbocycles. The molecule has 1 amide bonds. The van der Waals surface area contributed by atoms with Crippen molar-refractivity contribution in [2.24, 2.45) is 0 Å². The second kappa shape index (κ2) is 9.22. The monoisotopic (exact) mass is 546 g/mol. The third kappa shape index (κ3) is 4.76. The molecule has 0 unspecified atom stereocenters. The average Bonchev–Trinajstić information content (AvgIpc) is 2.73. The summed E-state index contributed by atoms with van der Waals surface area (Å²) >= 11 is 3.45. The molecule has 1 fully saturated rings. The molecule has 1 N–H and O–H groups in total. The van der Waals surface area contributed by atoms with Gasteiger partial charge in [-0.15, -0.1) is 0 Å². The number of hydrogen-bond donors (Lipinski definition) is 1. The van der Waals surface area contributed by atoms with Crippen LogP contribution in [0.2, 0.25) is 0 Å². The van der Waals surface area contributed by atoms with E-state index < -0.39 is 34.7 Å². The normalized spacial score (nSPS) is 18.6. The van der Waals surface area contributed by atoms with Gasteiger partial charge in [-0.05, 0) is 83.2 Å². The van der Waals surface area contributed by atoms with Crippen LogP contribution in [0.15, 0.2) is 44.5 Å². The largest absolute Gasteiger partial charge is 0.465 e. The van der Waals surface area contributed by atoms with Crippen LogP contribution in [0.3, 0.4) is 0 Å². The van der Waals surface area contributed by atoms with Crippen LogP contribution >= 0.6 is 15.9 Å². The SMILES string of the molecule is Cc1cc(Br)cc(-n2c(=O)n([C@H]3CC[C@@H](N(C(=O)O)C(C)(C)C)CC3)c(=O)c3cc(F)cnc32)c1. The first-order valence-electron chi connectivity index (χ1n) is 11.5. The van der Waals surface area contributed by atoms with Gasteiger partial charge in [0.25, 0.3) is 5.56 Å². The second-order valence-electron chi connectivity index (χ2n) is 10.1. The molecule has 0 atom stereocenters. The summed E-state index contributed by atoms with van der Waals surface area (Å²) in [4.78, 5) is 44.7. The number of carbonyl (C=O) groups is 1. The van der Waals surface area contributed by atoms with Gasteiger partial charge in [0.15, 0.2) is 5.65 Å². The molecular weight excluding hydrogens is 519 g/mol. The molecule has 3 aromatic rings. The summed E-state index contributed by atoms with van der Waals surface area (Å²) in [5.41, 5.74) is -0.210. The number of halogens is 2. The summed E-state index contributed by atoms with van der Waals surface area (Å²) in [5, 5.41) is 9.77. The van der Waals surface area contributed by atoms with Crippen LogP contribution in [0.5, 0.6) is 0 Å². The minimum atomic E-state index is -0.988. The van der Waals surface area contributed by atoms with Gasteiger partial charge in [-0.3, -0.25) is 9.36 Å². The lowest BCUT2D eigenvalue weighted by atomic mass is 9.88. The Balaban J connectivity index is 1.83. The van der Waals surface area contributed by atoms with Crippen molar-refractivity contribution < 1.29 is 14.3 Å². The zero-order chi connectivity index (χ0) is 25.7. The van der Waals surface area contributed by atoms with E-state index in [1.165, 1.54) is 14.0 Å². The maximum atomic E-state index is 14.1. The van der Waals surface area contributed by atoms with Gasteiger partial charge >= 0.3 is 11.8 Å². The Morgan fingerprint density at radius 1 is 1.14 bits per heavy atom. The first-order valence-corrected chi connectivity index (χ1v) is 12.3. The number of hydrogen-bond acceptors (Lipinski definition) is 4. The van der Waals surface area contributed by atoms with E-state index >= 15 is 0 Å². The standard InChI is InChI=1S/C25H28BrFN4O4/c1-14-9-15(26)11-19(10-14)29-21-20(12-16(27)13-28-21)22(32)30(23(29)33)17-5-7-18(8-6-17)31(24(34)35)25(2,3)4/h9-13,17-18H,5-8H2,1-4H3,(H,34,35)/t17-,18+. The number of rotatable bonds is 3. The zero-order valence-electron chi connectivity index (χ0n) is 20.1. The molecule has 1 aliphatic rings. The summed E-state index contributed by atoms with van der Waals surface area (Å²) in [6, 6.07) is 5.90. The van der Waals surface area contributed by atoms with Crippen molar-refractivity contribution in [2.45, 2.75) is 71.0 Å². The molecule has 8 nitrogen and oxygen atoms in total. The van der Waals surface area contributed by atoms with E-state index in [4.69, 9.17) is 0 Å². The lowest BCUT2D eigenvalue weighted by Crippen LogP contribution is -2.53. The van der Waals surface area contributed by atoms with E-state index in [1.807, 2.05) is 33.8 Å². The van der Waals surface area contributed by atoms with Crippen LogP contribution in [0.1, 0.15) is 58.1 Å². The molecule has 1 aliphatic carbocycles. The van der Waals surface area contributed by atoms with Gasteiger partial charge in [0.1, 0.15) is 5.82 Å². The Labute approximate surface area is 210 Å². The Hall–Kier alpha value is -3.01. The van der Waals surface area contributed by atoms with Crippen molar-refractivity contribution in [1.82, 2.24) is 19.0 Å². The van der Waals surface area contributed by atoms with E-state index in [0.717, 1.165) is 22.3 Å². The van der Waals surface area contributed by atoms with Gasteiger partial charge in [0.05, 0.1) is 17.3 Å². The number of pyridine rings is 1. The Morgan fingerprint density at radius 3 is 2.37 bits per heavy atom. The average molecular weight is 547 g/mol. The quantitative estimate of drug-likeness (QED) is 0.497. The van der Waals surface area contributed by atoms with E-state index in [9.17, 15) is 23.9 Å². The Bertz CT molecular complexity index is 1400. The van der Waals surface area contributed by atoms with Crippen LogP contribution in [-0.4, -0.2) is 41.8 Å². The van der Waals surface area contributed by atoms with Crippen LogP contribution < -0.4 is 11.2 Å². The maximum Gasteiger partial charge on any atom is 0.407 e. The maximum absolute atomic E-state index is 14.1. The molecule has 35 heavy (non-hydrogen) atoms. The fourth-order valence-corrected chi connectivity index (χ4v) is 5.74. The molecule has 0 aliphatic heterocycles. The molecule has 0 radical (unpaired) electrons. The highest BCUT2D eigenvalue weighted by Crippen LogP contribution is 2.33. The molecule has 2 aromatic heterocycles. The summed E-state index contributed by atoms with van der Waals surface area (Å²) in [6.45, 7) is 7.43. The third-order valence-corrected chi connectivity index (χ3v) is 6.96. The number of carboxylic acid groups (broad SMARTS) is 1. The van der Waals surface area contributed by atoms with Gasteiger partial charge in [0, 0.05) is 22.1 Å². The minimum Gasteiger partial charge on any atom is -0.465 e. The number of aryl methyl sites for hydroxylation is 1. The lowest BCUT2D eigenvalue weighted by Gasteiger charge is -2.42. The molecule has 4 rings (SSSR count). The summed E-state index contributed by atoms with van der Waals surface area (Å²) < 4.78 is 17.4. The van der Waals surface area contributed by atoms with Crippen molar-refractivity contribution >= 4 is 33.1 Å². The number of amides is 1. The molecule has 186 valence electrons. The van der Waals surface area contributed by atoms with E-state index in [0.29, 0.717) is 31.4 Å². The van der Waals surface area contributed by atoms with Gasteiger partial charge in [-0.2, -0.15) is 0 Å². The molecule has 0 bridgehead atoms. The van der Waals surface area contributed by atoms with Gasteiger partial charge in [0.2, 0.25) is 0 Å². The van der Waals surface area contributed by atoms with Crippen LogP contribution in [0.4, 0.5) is 9.18 Å². The summed E-state index contributed by atoms with van der Waals surface area (Å²) in [6.07, 6.45) is 1.92. The van der Waals surface area contributed by atoms with Crippen molar-refractivity contribution in [1.29, 1.82) is 0 Å². The fourth-order valence-electron chi connectivity index (χ4n) is 5.15. The van der Waals surface area contributed by atoms with Crippen molar-refractivity contribution in [2.75, 3.05) is 0 Å². The summed E-state index contributed by atoms with van der Waals surface area (Å²) in [7, 11) is 0. The smallest absolute Gasteiger partial charge is 0.407 e. The van der Waals surface area contributed by atoms with Gasteiger partial charge in [-0.1, -0.05) is 15.9 Å². The molecule has 10 heteroatoms. The van der Waals surface area contributed by atoms with Crippen LogP contribution in [0, 0.1) is 12.7 Å². The first-order chi connectivity index (χ1) is 16.4. The predicted octanol–water partition coefficient (Wildman–Crippen LogP) is 5.02. The van der Waals surface area contributed by atoms with Crippen LogP contribution in [0.25, 0.3) is 16.7 Å². The molecule has 2 heterocycles. The predicted molar refractivity (Wildman–Crippen MR) is 135 cm³/mol. The highest BCUT2D eigenvalue weighted by Gasteiger charge is 2.36. The van der Waals surface area contributed by atoms with Crippen LogP contribution in [-0.2, 0) is 0 Å².